The maximum Gasteiger partial charge on any atom is 0.326 e. The topological polar surface area (TPSA) is 83.6 Å². The van der Waals surface area contributed by atoms with Crippen LogP contribution in [0.25, 0.3) is 0 Å². The van der Waals surface area contributed by atoms with Gasteiger partial charge in [0.25, 0.3) is 0 Å². The molecule has 0 spiro atoms. The van der Waals surface area contributed by atoms with E-state index in [1.165, 1.54) is 11.8 Å². The van der Waals surface area contributed by atoms with Crippen molar-refractivity contribution >= 4 is 11.9 Å². The Labute approximate surface area is 95.6 Å². The predicted octanol–water partition coefficient (Wildman–Crippen LogP) is 0.435. The summed E-state index contributed by atoms with van der Waals surface area (Å²) in [5, 5.41) is 8.83. The highest BCUT2D eigenvalue weighted by Crippen LogP contribution is 2.25. The molecule has 92 valence electrons. The summed E-state index contributed by atoms with van der Waals surface area (Å²) in [6.45, 7) is 1.52. The van der Waals surface area contributed by atoms with Crippen molar-refractivity contribution < 1.29 is 14.7 Å². The van der Waals surface area contributed by atoms with Crippen molar-refractivity contribution in [3.63, 3.8) is 0 Å². The van der Waals surface area contributed by atoms with Crippen molar-refractivity contribution in [3.05, 3.63) is 0 Å². The number of nitrogens with two attached hydrogens (primary N) is 1. The van der Waals surface area contributed by atoms with Crippen molar-refractivity contribution in [3.8, 4) is 0 Å². The first-order valence-corrected chi connectivity index (χ1v) is 5.68. The van der Waals surface area contributed by atoms with Gasteiger partial charge in [-0.1, -0.05) is 0 Å². The lowest BCUT2D eigenvalue weighted by Gasteiger charge is -2.30. The lowest BCUT2D eigenvalue weighted by Crippen LogP contribution is -2.44. The molecule has 0 saturated heterocycles. The number of rotatable bonds is 3. The van der Waals surface area contributed by atoms with E-state index in [-0.39, 0.29) is 17.9 Å². The zero-order chi connectivity index (χ0) is 12.3. The fraction of sp³-hybridized carbons (Fsp3) is 0.818. The lowest BCUT2D eigenvalue weighted by atomic mass is 9.85. The first kappa shape index (κ1) is 13.0. The molecule has 1 saturated carbocycles. The number of nitrogens with zero attached hydrogens (tertiary/aromatic N) is 1. The maximum atomic E-state index is 12.0. The van der Waals surface area contributed by atoms with Crippen LogP contribution in [0, 0.1) is 5.92 Å². The van der Waals surface area contributed by atoms with Crippen LogP contribution in [-0.4, -0.2) is 41.0 Å². The SMILES string of the molecule is CC(C(=O)O)N(C)C(=O)C1CCC(N)CC1. The summed E-state index contributed by atoms with van der Waals surface area (Å²) in [5.41, 5.74) is 5.76. The molecule has 1 rings (SSSR count). The minimum Gasteiger partial charge on any atom is -0.480 e. The number of carbonyl (C=O) groups is 2. The molecule has 1 aliphatic carbocycles. The van der Waals surface area contributed by atoms with Crippen LogP contribution in [0.1, 0.15) is 32.6 Å². The van der Waals surface area contributed by atoms with E-state index in [9.17, 15) is 9.59 Å². The lowest BCUT2D eigenvalue weighted by molar-refractivity contribution is -0.150. The Morgan fingerprint density at radius 1 is 1.31 bits per heavy atom. The second-order valence-corrected chi connectivity index (χ2v) is 4.58. The van der Waals surface area contributed by atoms with Crippen LogP contribution in [0.2, 0.25) is 0 Å². The van der Waals surface area contributed by atoms with Crippen LogP contribution in [0.15, 0.2) is 0 Å². The highest BCUT2D eigenvalue weighted by atomic mass is 16.4. The number of likely N-dealkylation sites (N-methyl/N-ethyl adjacent to an activating group) is 1. The molecular formula is C11H20N2O3. The van der Waals surface area contributed by atoms with Crippen molar-refractivity contribution in [1.29, 1.82) is 0 Å². The molecule has 0 bridgehead atoms. The van der Waals surface area contributed by atoms with Crippen LogP contribution in [0.4, 0.5) is 0 Å². The van der Waals surface area contributed by atoms with Gasteiger partial charge in [0.05, 0.1) is 0 Å². The fourth-order valence-corrected chi connectivity index (χ4v) is 2.01. The molecule has 0 heterocycles. The summed E-state index contributed by atoms with van der Waals surface area (Å²) in [5.74, 6) is -1.09. The average molecular weight is 228 g/mol. The summed E-state index contributed by atoms with van der Waals surface area (Å²) in [4.78, 5) is 24.1. The van der Waals surface area contributed by atoms with Gasteiger partial charge >= 0.3 is 5.97 Å². The molecule has 0 radical (unpaired) electrons. The Morgan fingerprint density at radius 2 is 1.81 bits per heavy atom. The van der Waals surface area contributed by atoms with Crippen molar-refractivity contribution in [2.45, 2.75) is 44.7 Å². The number of hydrogen-bond acceptors (Lipinski definition) is 3. The van der Waals surface area contributed by atoms with E-state index in [1.807, 2.05) is 0 Å². The summed E-state index contributed by atoms with van der Waals surface area (Å²) in [6, 6.07) is -0.561. The van der Waals surface area contributed by atoms with Crippen LogP contribution in [0.5, 0.6) is 0 Å². The Morgan fingerprint density at radius 3 is 2.25 bits per heavy atom. The summed E-state index contributed by atoms with van der Waals surface area (Å²) < 4.78 is 0. The fourth-order valence-electron chi connectivity index (χ4n) is 2.01. The molecule has 16 heavy (non-hydrogen) atoms. The largest absolute Gasteiger partial charge is 0.480 e. The van der Waals surface area contributed by atoms with E-state index in [1.54, 1.807) is 7.05 Å². The number of amides is 1. The van der Waals surface area contributed by atoms with Gasteiger partial charge in [-0.25, -0.2) is 4.79 Å². The molecule has 1 amide bonds. The Bertz CT molecular complexity index is 272. The first-order valence-electron chi connectivity index (χ1n) is 5.68. The van der Waals surface area contributed by atoms with Gasteiger partial charge < -0.3 is 15.7 Å². The number of carboxylic acid groups (broad SMARTS) is 1. The van der Waals surface area contributed by atoms with Crippen LogP contribution < -0.4 is 5.73 Å². The second-order valence-electron chi connectivity index (χ2n) is 4.58. The molecule has 5 nitrogen and oxygen atoms in total. The van der Waals surface area contributed by atoms with Gasteiger partial charge in [-0.2, -0.15) is 0 Å². The zero-order valence-electron chi connectivity index (χ0n) is 9.85. The second kappa shape index (κ2) is 5.30. The first-order chi connectivity index (χ1) is 7.43. The summed E-state index contributed by atoms with van der Waals surface area (Å²) >= 11 is 0. The molecule has 0 aliphatic heterocycles. The van der Waals surface area contributed by atoms with Crippen LogP contribution in [-0.2, 0) is 9.59 Å². The molecule has 1 fully saturated rings. The monoisotopic (exact) mass is 228 g/mol. The third kappa shape index (κ3) is 2.95. The number of aliphatic carboxylic acids is 1. The Balaban J connectivity index is 2.54. The van der Waals surface area contributed by atoms with Gasteiger partial charge in [-0.3, -0.25) is 4.79 Å². The molecule has 0 aromatic carbocycles. The van der Waals surface area contributed by atoms with Gasteiger partial charge in [0, 0.05) is 19.0 Å². The third-order valence-corrected chi connectivity index (χ3v) is 3.41. The molecule has 1 unspecified atom stereocenters. The maximum absolute atomic E-state index is 12.0. The molecule has 5 heteroatoms. The Hall–Kier alpha value is -1.10. The van der Waals surface area contributed by atoms with Gasteiger partial charge in [-0.15, -0.1) is 0 Å². The van der Waals surface area contributed by atoms with E-state index in [0.29, 0.717) is 0 Å². The van der Waals surface area contributed by atoms with Gasteiger partial charge in [0.1, 0.15) is 6.04 Å². The van der Waals surface area contributed by atoms with E-state index in [2.05, 4.69) is 0 Å². The molecular weight excluding hydrogens is 208 g/mol. The van der Waals surface area contributed by atoms with Crippen molar-refractivity contribution in [1.82, 2.24) is 4.90 Å². The molecule has 1 atom stereocenters. The standard InChI is InChI=1S/C11H20N2O3/c1-7(11(15)16)13(2)10(14)8-3-5-9(12)6-4-8/h7-9H,3-6,12H2,1-2H3,(H,15,16). The minimum atomic E-state index is -0.969. The molecule has 1 aliphatic rings. The molecule has 3 N–H and O–H groups in total. The number of hydrogen-bond donors (Lipinski definition) is 2. The van der Waals surface area contributed by atoms with E-state index in [0.717, 1.165) is 25.7 Å². The highest BCUT2D eigenvalue weighted by molar-refractivity contribution is 5.84. The van der Waals surface area contributed by atoms with E-state index in [4.69, 9.17) is 10.8 Å². The zero-order valence-corrected chi connectivity index (χ0v) is 9.85. The van der Waals surface area contributed by atoms with Gasteiger partial charge in [-0.05, 0) is 32.6 Å². The van der Waals surface area contributed by atoms with Crippen molar-refractivity contribution in [2.24, 2.45) is 11.7 Å². The van der Waals surface area contributed by atoms with E-state index >= 15 is 0 Å². The third-order valence-electron chi connectivity index (χ3n) is 3.41. The number of carbonyl (C=O) groups excluding carboxylic acids is 1. The average Bonchev–Trinajstić information content (AvgIpc) is 2.27. The van der Waals surface area contributed by atoms with Crippen molar-refractivity contribution in [2.75, 3.05) is 7.05 Å². The van der Waals surface area contributed by atoms with Gasteiger partial charge in [0.15, 0.2) is 0 Å². The highest BCUT2D eigenvalue weighted by Gasteiger charge is 2.30. The summed E-state index contributed by atoms with van der Waals surface area (Å²) in [6.07, 6.45) is 3.25. The number of carboxylic acids is 1. The smallest absolute Gasteiger partial charge is 0.326 e. The normalized spacial score (nSPS) is 27.2. The molecule has 0 aromatic heterocycles. The Kier molecular flexibility index (Phi) is 4.29. The predicted molar refractivity (Wildman–Crippen MR) is 59.8 cm³/mol. The quantitative estimate of drug-likeness (QED) is 0.734. The van der Waals surface area contributed by atoms with E-state index < -0.39 is 12.0 Å². The summed E-state index contributed by atoms with van der Waals surface area (Å²) in [7, 11) is 1.55. The molecule has 0 aromatic rings. The van der Waals surface area contributed by atoms with Gasteiger partial charge in [0.2, 0.25) is 5.91 Å². The minimum absolute atomic E-state index is 0.0494. The van der Waals surface area contributed by atoms with Crippen LogP contribution in [0.3, 0.4) is 0 Å². The van der Waals surface area contributed by atoms with Crippen LogP contribution >= 0.6 is 0 Å².